The van der Waals surface area contributed by atoms with Gasteiger partial charge in [0.2, 0.25) is 0 Å². The molecule has 1 amide bonds. The quantitative estimate of drug-likeness (QED) is 0.939. The van der Waals surface area contributed by atoms with Crippen LogP contribution < -0.4 is 5.56 Å². The zero-order valence-corrected chi connectivity index (χ0v) is 13.7. The third kappa shape index (κ3) is 2.68. The fourth-order valence-electron chi connectivity index (χ4n) is 4.25. The highest BCUT2D eigenvalue weighted by Crippen LogP contribution is 2.35. The minimum absolute atomic E-state index is 0.128. The third-order valence-corrected chi connectivity index (χ3v) is 5.43. The van der Waals surface area contributed by atoms with Crippen LogP contribution in [0.15, 0.2) is 39.7 Å². The normalized spacial score (nSPS) is 21.5. The molecule has 1 saturated carbocycles. The minimum Gasteiger partial charge on any atom is -0.463 e. The maximum absolute atomic E-state index is 12.9. The van der Waals surface area contributed by atoms with E-state index in [4.69, 9.17) is 4.42 Å². The number of H-pyrrole nitrogens is 1. The van der Waals surface area contributed by atoms with Gasteiger partial charge in [-0.2, -0.15) is 0 Å². The van der Waals surface area contributed by atoms with Gasteiger partial charge >= 0.3 is 0 Å². The zero-order valence-electron chi connectivity index (χ0n) is 13.7. The van der Waals surface area contributed by atoms with Crippen LogP contribution in [0.3, 0.4) is 0 Å². The van der Waals surface area contributed by atoms with Crippen LogP contribution in [0.1, 0.15) is 48.9 Å². The highest BCUT2D eigenvalue weighted by Gasteiger charge is 2.36. The Balaban J connectivity index is 1.58. The number of pyridine rings is 1. The Morgan fingerprint density at radius 1 is 1.12 bits per heavy atom. The second-order valence-electron chi connectivity index (χ2n) is 6.84. The number of aromatic nitrogens is 1. The van der Waals surface area contributed by atoms with E-state index in [0.717, 1.165) is 19.4 Å². The summed E-state index contributed by atoms with van der Waals surface area (Å²) in [5, 5.41) is 0. The second kappa shape index (κ2) is 6.30. The van der Waals surface area contributed by atoms with E-state index in [9.17, 15) is 9.59 Å². The Labute approximate surface area is 140 Å². The van der Waals surface area contributed by atoms with Gasteiger partial charge in [-0.1, -0.05) is 12.8 Å². The summed E-state index contributed by atoms with van der Waals surface area (Å²) < 4.78 is 5.29. The van der Waals surface area contributed by atoms with Gasteiger partial charge in [-0.15, -0.1) is 0 Å². The van der Waals surface area contributed by atoms with Gasteiger partial charge in [-0.05, 0) is 55.9 Å². The maximum Gasteiger partial charge on any atom is 0.261 e. The fraction of sp³-hybridized carbons (Fsp3) is 0.474. The summed E-state index contributed by atoms with van der Waals surface area (Å²) in [7, 11) is 0. The Bertz CT molecular complexity index is 772. The number of nitrogens with one attached hydrogen (secondary N) is 1. The lowest BCUT2D eigenvalue weighted by molar-refractivity contribution is 0.0687. The van der Waals surface area contributed by atoms with Gasteiger partial charge in [-0.3, -0.25) is 9.59 Å². The smallest absolute Gasteiger partial charge is 0.261 e. The largest absolute Gasteiger partial charge is 0.463 e. The Hall–Kier alpha value is -2.30. The van der Waals surface area contributed by atoms with Crippen LogP contribution >= 0.6 is 0 Å². The molecule has 5 nitrogen and oxygen atoms in total. The molecule has 2 aliphatic rings. The summed E-state index contributed by atoms with van der Waals surface area (Å²) in [4.78, 5) is 30.0. The predicted octanol–water partition coefficient (Wildman–Crippen LogP) is 3.43. The molecule has 2 aromatic rings. The molecule has 1 aliphatic carbocycles. The molecule has 1 N–H and O–H groups in total. The molecule has 3 heterocycles. The first kappa shape index (κ1) is 15.2. The van der Waals surface area contributed by atoms with E-state index in [-0.39, 0.29) is 17.0 Å². The van der Waals surface area contributed by atoms with Crippen molar-refractivity contribution < 1.29 is 9.21 Å². The van der Waals surface area contributed by atoms with Crippen molar-refractivity contribution >= 4 is 5.91 Å². The van der Waals surface area contributed by atoms with Crippen molar-refractivity contribution in [2.45, 2.75) is 44.6 Å². The number of nitrogens with zero attached hydrogens (tertiary/aromatic N) is 1. The molecule has 2 fully saturated rings. The first-order valence-electron chi connectivity index (χ1n) is 8.82. The molecule has 0 unspecified atom stereocenters. The van der Waals surface area contributed by atoms with Gasteiger partial charge in [0.05, 0.1) is 12.0 Å². The van der Waals surface area contributed by atoms with Crippen LogP contribution in [0.25, 0.3) is 11.5 Å². The van der Waals surface area contributed by atoms with Crippen molar-refractivity contribution in [2.75, 3.05) is 6.54 Å². The molecule has 2 aromatic heterocycles. The first-order chi connectivity index (χ1) is 11.7. The van der Waals surface area contributed by atoms with Crippen molar-refractivity contribution in [3.8, 4) is 11.5 Å². The first-order valence-corrected chi connectivity index (χ1v) is 8.82. The van der Waals surface area contributed by atoms with Crippen LogP contribution in [-0.2, 0) is 0 Å². The highest BCUT2D eigenvalue weighted by atomic mass is 16.3. The maximum atomic E-state index is 12.9. The fourth-order valence-corrected chi connectivity index (χ4v) is 4.25. The number of hydrogen-bond acceptors (Lipinski definition) is 3. The summed E-state index contributed by atoms with van der Waals surface area (Å²) >= 11 is 0. The van der Waals surface area contributed by atoms with Gasteiger partial charge in [0, 0.05) is 12.6 Å². The van der Waals surface area contributed by atoms with Gasteiger partial charge < -0.3 is 14.3 Å². The lowest BCUT2D eigenvalue weighted by Crippen LogP contribution is -2.41. The third-order valence-electron chi connectivity index (χ3n) is 5.43. The number of rotatable bonds is 3. The van der Waals surface area contributed by atoms with E-state index in [1.54, 1.807) is 30.5 Å². The van der Waals surface area contributed by atoms with E-state index in [1.807, 2.05) is 4.90 Å². The second-order valence-corrected chi connectivity index (χ2v) is 6.84. The number of hydrogen-bond donors (Lipinski definition) is 1. The summed E-state index contributed by atoms with van der Waals surface area (Å²) in [5.74, 6) is 1.07. The van der Waals surface area contributed by atoms with E-state index >= 15 is 0 Å². The van der Waals surface area contributed by atoms with Gasteiger partial charge in [0.15, 0.2) is 0 Å². The molecular formula is C19H22N2O3. The number of aromatic amines is 1. The van der Waals surface area contributed by atoms with Crippen molar-refractivity contribution in [3.63, 3.8) is 0 Å². The standard InChI is InChI=1S/C19H22N2O3/c22-18-14(9-10-15(20-18)17-8-4-12-24-17)19(23)21-11-3-7-16(21)13-5-1-2-6-13/h4,8-10,12-13,16H,1-3,5-7,11H2,(H,20,22)/t16-/m0/s1. The average Bonchev–Trinajstić information content (AvgIpc) is 3.35. The molecule has 0 bridgehead atoms. The monoisotopic (exact) mass is 326 g/mol. The topological polar surface area (TPSA) is 66.3 Å². The molecule has 1 saturated heterocycles. The molecule has 1 aliphatic heterocycles. The summed E-state index contributed by atoms with van der Waals surface area (Å²) in [6.45, 7) is 0.763. The molecule has 4 rings (SSSR count). The van der Waals surface area contributed by atoms with E-state index < -0.39 is 0 Å². The van der Waals surface area contributed by atoms with Crippen LogP contribution in [-0.4, -0.2) is 28.4 Å². The van der Waals surface area contributed by atoms with Gasteiger partial charge in [0.1, 0.15) is 11.3 Å². The Morgan fingerprint density at radius 2 is 1.96 bits per heavy atom. The summed E-state index contributed by atoms with van der Waals surface area (Å²) in [6.07, 6.45) is 8.62. The van der Waals surface area contributed by atoms with Crippen LogP contribution in [0, 0.1) is 5.92 Å². The SMILES string of the molecule is O=C(c1ccc(-c2ccco2)[nH]c1=O)N1CCC[C@H]1C1CCCC1. The molecule has 0 radical (unpaired) electrons. The number of likely N-dealkylation sites (tertiary alicyclic amines) is 1. The Kier molecular flexibility index (Phi) is 4.00. The minimum atomic E-state index is -0.342. The summed E-state index contributed by atoms with van der Waals surface area (Å²) in [5.41, 5.74) is 0.483. The lowest BCUT2D eigenvalue weighted by atomic mass is 9.95. The van der Waals surface area contributed by atoms with E-state index in [2.05, 4.69) is 4.98 Å². The van der Waals surface area contributed by atoms with Gasteiger partial charge in [0.25, 0.3) is 11.5 Å². The van der Waals surface area contributed by atoms with Gasteiger partial charge in [-0.25, -0.2) is 0 Å². The number of amides is 1. The molecule has 0 spiro atoms. The van der Waals surface area contributed by atoms with Crippen molar-refractivity contribution in [2.24, 2.45) is 5.92 Å². The molecule has 24 heavy (non-hydrogen) atoms. The zero-order chi connectivity index (χ0) is 16.5. The molecule has 1 atom stereocenters. The van der Waals surface area contributed by atoms with E-state index in [0.29, 0.717) is 23.4 Å². The molecular weight excluding hydrogens is 304 g/mol. The average molecular weight is 326 g/mol. The molecule has 5 heteroatoms. The van der Waals surface area contributed by atoms with Crippen LogP contribution in [0.5, 0.6) is 0 Å². The van der Waals surface area contributed by atoms with Crippen LogP contribution in [0.4, 0.5) is 0 Å². The van der Waals surface area contributed by atoms with Crippen molar-refractivity contribution in [1.82, 2.24) is 9.88 Å². The summed E-state index contributed by atoms with van der Waals surface area (Å²) in [6, 6.07) is 7.23. The number of furan rings is 1. The lowest BCUT2D eigenvalue weighted by Gasteiger charge is -2.29. The number of carbonyl (C=O) groups is 1. The number of carbonyl (C=O) groups excluding carboxylic acids is 1. The molecule has 126 valence electrons. The van der Waals surface area contributed by atoms with E-state index in [1.165, 1.54) is 25.7 Å². The predicted molar refractivity (Wildman–Crippen MR) is 90.8 cm³/mol. The van der Waals surface area contributed by atoms with Crippen molar-refractivity contribution in [3.05, 3.63) is 46.4 Å². The highest BCUT2D eigenvalue weighted by molar-refractivity contribution is 5.94. The van der Waals surface area contributed by atoms with Crippen LogP contribution in [0.2, 0.25) is 0 Å². The molecule has 0 aromatic carbocycles. The van der Waals surface area contributed by atoms with Crippen molar-refractivity contribution in [1.29, 1.82) is 0 Å². The Morgan fingerprint density at radius 3 is 2.67 bits per heavy atom.